The van der Waals surface area contributed by atoms with Crippen molar-refractivity contribution in [2.45, 2.75) is 57.0 Å². The summed E-state index contributed by atoms with van der Waals surface area (Å²) in [6.45, 7) is 0. The van der Waals surface area contributed by atoms with Crippen LogP contribution in [0.25, 0.3) is 0 Å². The molecule has 1 aromatic rings. The average Bonchev–Trinajstić information content (AvgIpc) is 2.99. The Morgan fingerprint density at radius 2 is 1.96 bits per heavy atom. The van der Waals surface area contributed by atoms with E-state index in [1.54, 1.807) is 11.4 Å². The third-order valence-electron chi connectivity index (χ3n) is 4.94. The van der Waals surface area contributed by atoms with Gasteiger partial charge in [0.05, 0.1) is 11.0 Å². The highest BCUT2D eigenvalue weighted by Crippen LogP contribution is 2.40. The zero-order valence-corrected chi connectivity index (χ0v) is 14.7. The Hall–Kier alpha value is -1.54. The number of hydrogen-bond acceptors (Lipinski definition) is 4. The molecule has 1 aliphatic carbocycles. The van der Waals surface area contributed by atoms with E-state index in [9.17, 15) is 23.5 Å². The molecule has 0 aromatic carbocycles. The number of thiophene rings is 1. The van der Waals surface area contributed by atoms with Crippen LogP contribution in [0.4, 0.5) is 8.78 Å². The molecule has 0 spiro atoms. The first-order chi connectivity index (χ1) is 11.7. The van der Waals surface area contributed by atoms with Gasteiger partial charge in [-0.2, -0.15) is 0 Å². The Balaban J connectivity index is 1.90. The number of aryl methyl sites for hydroxylation is 1. The molecule has 1 aromatic heterocycles. The number of halogens is 2. The lowest BCUT2D eigenvalue weighted by Crippen LogP contribution is -2.37. The molecule has 140 valence electrons. The Bertz CT molecular complexity index is 611. The lowest BCUT2D eigenvalue weighted by molar-refractivity contribution is -0.127. The predicted molar refractivity (Wildman–Crippen MR) is 91.4 cm³/mol. The number of rotatable bonds is 8. The normalized spacial score (nSPS) is 20.1. The van der Waals surface area contributed by atoms with Crippen molar-refractivity contribution >= 4 is 23.2 Å². The van der Waals surface area contributed by atoms with Gasteiger partial charge in [0, 0.05) is 18.8 Å². The van der Waals surface area contributed by atoms with E-state index < -0.39 is 29.8 Å². The zero-order valence-electron chi connectivity index (χ0n) is 13.9. The number of alkyl halides is 2. The van der Waals surface area contributed by atoms with E-state index in [0.717, 1.165) is 5.56 Å². The second kappa shape index (κ2) is 8.23. The molecule has 0 bridgehead atoms. The van der Waals surface area contributed by atoms with Crippen molar-refractivity contribution in [2.24, 2.45) is 23.3 Å². The molecule has 2 atom stereocenters. The molecule has 5 nitrogen and oxygen atoms in total. The largest absolute Gasteiger partial charge is 0.393 e. The second-order valence-electron chi connectivity index (χ2n) is 6.77. The Kier molecular flexibility index (Phi) is 6.51. The van der Waals surface area contributed by atoms with Crippen LogP contribution in [0.1, 0.15) is 53.8 Å². The van der Waals surface area contributed by atoms with Gasteiger partial charge in [0.1, 0.15) is 0 Å². The fourth-order valence-electron chi connectivity index (χ4n) is 3.49. The third-order valence-corrected chi connectivity index (χ3v) is 5.91. The smallest absolute Gasteiger partial charge is 0.259 e. The number of primary amides is 2. The van der Waals surface area contributed by atoms with Gasteiger partial charge >= 0.3 is 0 Å². The zero-order chi connectivity index (χ0) is 18.6. The van der Waals surface area contributed by atoms with Gasteiger partial charge in [0.2, 0.25) is 11.8 Å². The number of carbonyl (C=O) groups excluding carboxylic acids is 2. The SMILES string of the molecule is NC(=O)c1sccc1CCC(O)CC(C(N)=O)C1CCC(F)(F)CC1. The number of carbonyl (C=O) groups is 2. The molecule has 5 N–H and O–H groups in total. The molecule has 0 aliphatic heterocycles. The maximum atomic E-state index is 13.3. The lowest BCUT2D eigenvalue weighted by Gasteiger charge is -2.33. The minimum Gasteiger partial charge on any atom is -0.393 e. The number of amides is 2. The molecule has 0 saturated heterocycles. The monoisotopic (exact) mass is 374 g/mol. The average molecular weight is 374 g/mol. The molecule has 2 amide bonds. The molecular formula is C17H24F2N2O3S. The predicted octanol–water partition coefficient (Wildman–Crippen LogP) is 2.46. The quantitative estimate of drug-likeness (QED) is 0.650. The van der Waals surface area contributed by atoms with Crippen LogP contribution in [0.2, 0.25) is 0 Å². The summed E-state index contributed by atoms with van der Waals surface area (Å²) in [4.78, 5) is 23.5. The first-order valence-corrected chi connectivity index (χ1v) is 9.29. The standard InChI is InChI=1S/C17H24F2N2O3S/c18-17(19)6-3-10(4-7-17)13(15(20)23)9-12(22)2-1-11-5-8-25-14(11)16(21)24/h5,8,10,12-13,22H,1-4,6-7,9H2,(H2,20,23)(H2,21,24). The fraction of sp³-hybridized carbons (Fsp3) is 0.647. The molecule has 1 fully saturated rings. The van der Waals surface area contributed by atoms with E-state index in [1.807, 2.05) is 0 Å². The van der Waals surface area contributed by atoms with Gasteiger partial charge in [-0.1, -0.05) is 0 Å². The number of aliphatic hydroxyl groups excluding tert-OH is 1. The molecule has 8 heteroatoms. The van der Waals surface area contributed by atoms with Gasteiger partial charge in [-0.25, -0.2) is 8.78 Å². The Labute approximate surface area is 149 Å². The summed E-state index contributed by atoms with van der Waals surface area (Å²) in [6, 6.07) is 1.78. The van der Waals surface area contributed by atoms with Gasteiger partial charge in [0.15, 0.2) is 0 Å². The summed E-state index contributed by atoms with van der Waals surface area (Å²) in [5, 5.41) is 12.0. The lowest BCUT2D eigenvalue weighted by atomic mass is 9.76. The van der Waals surface area contributed by atoms with Crippen LogP contribution in [0.5, 0.6) is 0 Å². The first kappa shape index (κ1) is 19.8. The van der Waals surface area contributed by atoms with Crippen molar-refractivity contribution in [1.82, 2.24) is 0 Å². The molecule has 0 radical (unpaired) electrons. The molecule has 1 saturated carbocycles. The minimum atomic E-state index is -2.67. The highest BCUT2D eigenvalue weighted by Gasteiger charge is 2.39. The van der Waals surface area contributed by atoms with Crippen LogP contribution in [-0.4, -0.2) is 28.9 Å². The van der Waals surface area contributed by atoms with Crippen molar-refractivity contribution in [3.63, 3.8) is 0 Å². The number of nitrogens with two attached hydrogens (primary N) is 2. The van der Waals surface area contributed by atoms with Crippen molar-refractivity contribution in [2.75, 3.05) is 0 Å². The molecule has 1 heterocycles. The summed E-state index contributed by atoms with van der Waals surface area (Å²) in [5.41, 5.74) is 11.5. The summed E-state index contributed by atoms with van der Waals surface area (Å²) < 4.78 is 26.6. The van der Waals surface area contributed by atoms with E-state index in [4.69, 9.17) is 11.5 Å². The summed E-state index contributed by atoms with van der Waals surface area (Å²) in [5.74, 6) is -4.54. The van der Waals surface area contributed by atoms with Gasteiger partial charge in [0.25, 0.3) is 5.91 Å². The molecular weight excluding hydrogens is 350 g/mol. The summed E-state index contributed by atoms with van der Waals surface area (Å²) in [7, 11) is 0. The first-order valence-electron chi connectivity index (χ1n) is 8.41. The summed E-state index contributed by atoms with van der Waals surface area (Å²) >= 11 is 1.25. The number of hydrogen-bond donors (Lipinski definition) is 3. The minimum absolute atomic E-state index is 0.154. The molecule has 2 unspecified atom stereocenters. The highest BCUT2D eigenvalue weighted by atomic mass is 32.1. The van der Waals surface area contributed by atoms with Crippen molar-refractivity contribution in [3.05, 3.63) is 21.9 Å². The highest BCUT2D eigenvalue weighted by molar-refractivity contribution is 7.12. The van der Waals surface area contributed by atoms with Gasteiger partial charge in [-0.15, -0.1) is 11.3 Å². The van der Waals surface area contributed by atoms with Crippen LogP contribution in [0.3, 0.4) is 0 Å². The van der Waals surface area contributed by atoms with Gasteiger partial charge in [-0.05, 0) is 55.0 Å². The second-order valence-corrected chi connectivity index (χ2v) is 7.69. The van der Waals surface area contributed by atoms with Crippen LogP contribution < -0.4 is 11.5 Å². The molecule has 2 rings (SSSR count). The maximum absolute atomic E-state index is 13.3. The Morgan fingerprint density at radius 1 is 1.32 bits per heavy atom. The summed E-state index contributed by atoms with van der Waals surface area (Å²) in [6.07, 6.45) is 0.166. The van der Waals surface area contributed by atoms with E-state index in [-0.39, 0.29) is 38.0 Å². The van der Waals surface area contributed by atoms with Crippen LogP contribution in [0.15, 0.2) is 11.4 Å². The van der Waals surface area contributed by atoms with E-state index >= 15 is 0 Å². The van der Waals surface area contributed by atoms with Crippen LogP contribution in [0, 0.1) is 11.8 Å². The van der Waals surface area contributed by atoms with E-state index in [0.29, 0.717) is 17.7 Å². The number of aliphatic hydroxyl groups is 1. The van der Waals surface area contributed by atoms with Crippen molar-refractivity contribution in [3.8, 4) is 0 Å². The topological polar surface area (TPSA) is 106 Å². The third kappa shape index (κ3) is 5.47. The van der Waals surface area contributed by atoms with E-state index in [2.05, 4.69) is 0 Å². The van der Waals surface area contributed by atoms with E-state index in [1.165, 1.54) is 11.3 Å². The van der Waals surface area contributed by atoms with Crippen LogP contribution >= 0.6 is 11.3 Å². The van der Waals surface area contributed by atoms with Gasteiger partial charge < -0.3 is 16.6 Å². The van der Waals surface area contributed by atoms with Crippen molar-refractivity contribution in [1.29, 1.82) is 0 Å². The maximum Gasteiger partial charge on any atom is 0.259 e. The molecule has 25 heavy (non-hydrogen) atoms. The van der Waals surface area contributed by atoms with Crippen LogP contribution in [-0.2, 0) is 11.2 Å². The van der Waals surface area contributed by atoms with Gasteiger partial charge in [-0.3, -0.25) is 9.59 Å². The molecule has 1 aliphatic rings. The fourth-order valence-corrected chi connectivity index (χ4v) is 4.29. The van der Waals surface area contributed by atoms with Crippen molar-refractivity contribution < 1.29 is 23.5 Å². The Morgan fingerprint density at radius 3 is 2.52 bits per heavy atom.